The molecular weight excluding hydrogens is 674 g/mol. The SMILES string of the molecule is CC(C)Nc1cc(-n2ccc3cc(C#N)cnc32)ncc1C(=O)NC1CCC(C(=O)NCCOCCN2C[C@H](NC(=O)OC(C)(C)C)C(C)(C)C2)CC1. The van der Waals surface area contributed by atoms with E-state index in [0.29, 0.717) is 73.7 Å². The highest BCUT2D eigenvalue weighted by atomic mass is 16.6. The molecule has 3 aromatic rings. The molecule has 0 aromatic carbocycles. The van der Waals surface area contributed by atoms with Gasteiger partial charge in [-0.2, -0.15) is 5.26 Å². The highest BCUT2D eigenvalue weighted by Crippen LogP contribution is 2.30. The van der Waals surface area contributed by atoms with Crippen LogP contribution in [0.5, 0.6) is 0 Å². The number of ether oxygens (including phenoxy) is 2. The summed E-state index contributed by atoms with van der Waals surface area (Å²) in [6.07, 6.45) is 7.37. The van der Waals surface area contributed by atoms with Crippen LogP contribution in [-0.4, -0.2) is 100 Å². The van der Waals surface area contributed by atoms with Crippen LogP contribution < -0.4 is 21.3 Å². The maximum Gasteiger partial charge on any atom is 0.407 e. The second-order valence-electron chi connectivity index (χ2n) is 16.2. The van der Waals surface area contributed by atoms with Gasteiger partial charge < -0.3 is 30.7 Å². The number of nitriles is 1. The van der Waals surface area contributed by atoms with Crippen LogP contribution in [0.4, 0.5) is 10.5 Å². The number of nitrogens with zero attached hydrogens (tertiary/aromatic N) is 5. The number of pyridine rings is 2. The van der Waals surface area contributed by atoms with Crippen LogP contribution in [0, 0.1) is 22.7 Å². The maximum absolute atomic E-state index is 13.5. The molecule has 3 amide bonds. The molecule has 14 heteroatoms. The molecule has 0 unspecified atom stereocenters. The van der Waals surface area contributed by atoms with Crippen molar-refractivity contribution in [2.24, 2.45) is 11.3 Å². The van der Waals surface area contributed by atoms with Gasteiger partial charge >= 0.3 is 6.09 Å². The van der Waals surface area contributed by atoms with Crippen LogP contribution in [0.25, 0.3) is 16.9 Å². The third-order valence-electron chi connectivity index (χ3n) is 9.72. The molecule has 4 heterocycles. The summed E-state index contributed by atoms with van der Waals surface area (Å²) in [7, 11) is 0. The Balaban J connectivity index is 1.03. The van der Waals surface area contributed by atoms with Gasteiger partial charge in [-0.1, -0.05) is 13.8 Å². The Bertz CT molecular complexity index is 1800. The van der Waals surface area contributed by atoms with Crippen LogP contribution >= 0.6 is 0 Å². The van der Waals surface area contributed by atoms with E-state index in [1.165, 1.54) is 6.20 Å². The van der Waals surface area contributed by atoms with E-state index < -0.39 is 11.7 Å². The molecular formula is C39H55N9O5. The monoisotopic (exact) mass is 729 g/mol. The molecule has 5 rings (SSSR count). The summed E-state index contributed by atoms with van der Waals surface area (Å²) in [5, 5.41) is 22.6. The molecule has 4 N–H and O–H groups in total. The van der Waals surface area contributed by atoms with Crippen molar-refractivity contribution in [3.05, 3.63) is 47.9 Å². The van der Waals surface area contributed by atoms with Gasteiger partial charge in [-0.15, -0.1) is 0 Å². The first kappa shape index (κ1) is 39.5. The number of hydrogen-bond acceptors (Lipinski definition) is 10. The topological polar surface area (TPSA) is 176 Å². The van der Waals surface area contributed by atoms with Gasteiger partial charge in [0.2, 0.25) is 5.91 Å². The second-order valence-corrected chi connectivity index (χ2v) is 16.2. The van der Waals surface area contributed by atoms with Crippen LogP contribution in [0.15, 0.2) is 36.8 Å². The van der Waals surface area contributed by atoms with E-state index in [1.807, 2.05) is 57.5 Å². The third kappa shape index (κ3) is 10.7. The molecule has 0 spiro atoms. The lowest BCUT2D eigenvalue weighted by molar-refractivity contribution is -0.126. The molecule has 1 aliphatic carbocycles. The Morgan fingerprint density at radius 2 is 1.81 bits per heavy atom. The number of likely N-dealkylation sites (tertiary alicyclic amines) is 1. The number of hydrogen-bond donors (Lipinski definition) is 4. The lowest BCUT2D eigenvalue weighted by atomic mass is 9.85. The molecule has 1 atom stereocenters. The fourth-order valence-electron chi connectivity index (χ4n) is 7.02. The van der Waals surface area contributed by atoms with E-state index in [-0.39, 0.29) is 41.3 Å². The Kier molecular flexibility index (Phi) is 12.6. The zero-order valence-corrected chi connectivity index (χ0v) is 32.1. The average Bonchev–Trinajstić information content (AvgIpc) is 3.64. The minimum absolute atomic E-state index is 0.0144. The number of carbonyl (C=O) groups excluding carboxylic acids is 3. The minimum Gasteiger partial charge on any atom is -0.444 e. The van der Waals surface area contributed by atoms with Gasteiger partial charge in [0.25, 0.3) is 5.91 Å². The largest absolute Gasteiger partial charge is 0.444 e. The van der Waals surface area contributed by atoms with Crippen LogP contribution in [-0.2, 0) is 14.3 Å². The zero-order chi connectivity index (χ0) is 38.3. The highest BCUT2D eigenvalue weighted by Gasteiger charge is 2.40. The Labute approximate surface area is 312 Å². The van der Waals surface area contributed by atoms with E-state index in [9.17, 15) is 19.6 Å². The summed E-state index contributed by atoms with van der Waals surface area (Å²) in [4.78, 5) is 50.0. The molecule has 53 heavy (non-hydrogen) atoms. The number of rotatable bonds is 13. The average molecular weight is 730 g/mol. The van der Waals surface area contributed by atoms with E-state index >= 15 is 0 Å². The third-order valence-corrected chi connectivity index (χ3v) is 9.72. The van der Waals surface area contributed by atoms with Crippen molar-refractivity contribution in [1.29, 1.82) is 5.26 Å². The van der Waals surface area contributed by atoms with E-state index in [0.717, 1.165) is 25.0 Å². The van der Waals surface area contributed by atoms with Crippen molar-refractivity contribution >= 4 is 34.6 Å². The first-order chi connectivity index (χ1) is 25.1. The normalized spacial score (nSPS) is 20.2. The summed E-state index contributed by atoms with van der Waals surface area (Å²) < 4.78 is 13.1. The summed E-state index contributed by atoms with van der Waals surface area (Å²) in [5.74, 6) is 0.318. The lowest BCUT2D eigenvalue weighted by Crippen LogP contribution is -2.46. The van der Waals surface area contributed by atoms with E-state index in [4.69, 9.17) is 9.47 Å². The van der Waals surface area contributed by atoms with Gasteiger partial charge in [0.15, 0.2) is 0 Å². The predicted octanol–water partition coefficient (Wildman–Crippen LogP) is 4.77. The van der Waals surface area contributed by atoms with Crippen molar-refractivity contribution in [2.75, 3.05) is 44.7 Å². The first-order valence-corrected chi connectivity index (χ1v) is 18.6. The molecule has 14 nitrogen and oxygen atoms in total. The predicted molar refractivity (Wildman–Crippen MR) is 203 cm³/mol. The first-order valence-electron chi connectivity index (χ1n) is 18.6. The highest BCUT2D eigenvalue weighted by molar-refractivity contribution is 6.00. The molecule has 1 saturated heterocycles. The van der Waals surface area contributed by atoms with Crippen LogP contribution in [0.1, 0.15) is 90.1 Å². The summed E-state index contributed by atoms with van der Waals surface area (Å²) in [6, 6.07) is 7.64. The smallest absolute Gasteiger partial charge is 0.407 e. The minimum atomic E-state index is -0.540. The molecule has 2 aliphatic rings. The molecule has 1 aliphatic heterocycles. The van der Waals surface area contributed by atoms with Crippen molar-refractivity contribution in [3.63, 3.8) is 0 Å². The number of anilines is 1. The number of aromatic nitrogens is 3. The van der Waals surface area contributed by atoms with Crippen LogP contribution in [0.2, 0.25) is 0 Å². The zero-order valence-electron chi connectivity index (χ0n) is 32.1. The van der Waals surface area contributed by atoms with Gasteiger partial charge in [0.1, 0.15) is 23.1 Å². The summed E-state index contributed by atoms with van der Waals surface area (Å²) in [5.41, 5.74) is 1.64. The van der Waals surface area contributed by atoms with Gasteiger partial charge in [0, 0.05) is 74.2 Å². The van der Waals surface area contributed by atoms with Gasteiger partial charge in [0.05, 0.1) is 36.1 Å². The number of alkyl carbamates (subject to hydrolysis) is 1. The van der Waals surface area contributed by atoms with Gasteiger partial charge in [-0.25, -0.2) is 14.8 Å². The van der Waals surface area contributed by atoms with Crippen molar-refractivity contribution in [3.8, 4) is 11.9 Å². The molecule has 1 saturated carbocycles. The fourth-order valence-corrected chi connectivity index (χ4v) is 7.02. The van der Waals surface area contributed by atoms with Crippen molar-refractivity contribution < 1.29 is 23.9 Å². The number of carbonyl (C=O) groups is 3. The summed E-state index contributed by atoms with van der Waals surface area (Å²) in [6.45, 7) is 17.6. The molecule has 0 radical (unpaired) electrons. The number of amides is 3. The molecule has 0 bridgehead atoms. The van der Waals surface area contributed by atoms with E-state index in [1.54, 1.807) is 12.3 Å². The molecule has 2 fully saturated rings. The number of nitrogens with one attached hydrogen (secondary N) is 4. The second kappa shape index (κ2) is 16.9. The Hall–Kier alpha value is -4.74. The van der Waals surface area contributed by atoms with Crippen LogP contribution in [0.3, 0.4) is 0 Å². The fraction of sp³-hybridized carbons (Fsp3) is 0.590. The summed E-state index contributed by atoms with van der Waals surface area (Å²) >= 11 is 0. The van der Waals surface area contributed by atoms with Gasteiger partial charge in [-0.3, -0.25) is 19.1 Å². The molecule has 3 aromatic heterocycles. The van der Waals surface area contributed by atoms with E-state index in [2.05, 4.69) is 56.1 Å². The van der Waals surface area contributed by atoms with Crippen molar-refractivity contribution in [1.82, 2.24) is 35.4 Å². The lowest BCUT2D eigenvalue weighted by Gasteiger charge is -2.28. The molecule has 286 valence electrons. The quantitative estimate of drug-likeness (QED) is 0.180. The Morgan fingerprint density at radius 3 is 2.51 bits per heavy atom. The maximum atomic E-state index is 13.5. The Morgan fingerprint density at radius 1 is 1.06 bits per heavy atom. The van der Waals surface area contributed by atoms with Crippen molar-refractivity contribution in [2.45, 2.75) is 97.9 Å². The standard InChI is InChI=1S/C39H55N9O5/c1-25(2)44-31-19-33(48-14-12-28-18-26(20-40)21-43-34(28)48)42-22-30(31)36(50)45-29-10-8-27(9-11-29)35(49)41-13-16-52-17-15-47-23-32(39(6,7)24-47)46-37(51)53-38(3,4)5/h12,14,18-19,21-22,25,27,29,32H,8-11,13,15-17,23-24H2,1-7H3,(H,41,49)(H,42,44)(H,45,50)(H,46,51)/t27?,29?,32-/m0/s1. The number of fused-ring (bicyclic) bond motifs is 1. The van der Waals surface area contributed by atoms with Gasteiger partial charge in [-0.05, 0) is 77.8 Å².